The average molecular weight is 331 g/mol. The van der Waals surface area contributed by atoms with Crippen LogP contribution in [0.2, 0.25) is 0 Å². The average Bonchev–Trinajstić information content (AvgIpc) is 3.20. The number of benzene rings is 2. The predicted octanol–water partition coefficient (Wildman–Crippen LogP) is 3.88. The lowest BCUT2D eigenvalue weighted by Gasteiger charge is -2.05. The minimum absolute atomic E-state index is 0.291. The summed E-state index contributed by atoms with van der Waals surface area (Å²) in [4.78, 5) is 9.40. The molecule has 2 aromatic carbocycles. The molecule has 0 bridgehead atoms. The molecule has 0 radical (unpaired) electrons. The van der Waals surface area contributed by atoms with E-state index in [4.69, 9.17) is 4.99 Å². The maximum absolute atomic E-state index is 4.77. The van der Waals surface area contributed by atoms with Crippen LogP contribution in [-0.2, 0) is 0 Å². The van der Waals surface area contributed by atoms with Gasteiger partial charge < -0.3 is 0 Å². The van der Waals surface area contributed by atoms with Crippen LogP contribution in [0, 0.1) is 13.8 Å². The Bertz CT molecular complexity index is 1000. The Hall–Kier alpha value is -2.82. The highest BCUT2D eigenvalue weighted by Gasteiger charge is 2.16. The highest BCUT2D eigenvalue weighted by Crippen LogP contribution is 2.20. The molecule has 5 nitrogen and oxygen atoms in total. The Balaban J connectivity index is 1.68. The monoisotopic (exact) mass is 331 g/mol. The van der Waals surface area contributed by atoms with Gasteiger partial charge in [0.1, 0.15) is 5.52 Å². The van der Waals surface area contributed by atoms with Crippen molar-refractivity contribution in [3.8, 4) is 0 Å². The number of aliphatic imine (C=N–C) groups is 2. The number of rotatable bonds is 3. The molecule has 5 heteroatoms. The van der Waals surface area contributed by atoms with Gasteiger partial charge in [0, 0.05) is 17.2 Å². The third-order valence-corrected chi connectivity index (χ3v) is 4.39. The molecule has 0 saturated heterocycles. The van der Waals surface area contributed by atoms with E-state index in [-0.39, 0.29) is 0 Å². The molecule has 1 aromatic heterocycles. The minimum atomic E-state index is 0.291. The first-order valence-corrected chi connectivity index (χ1v) is 8.57. The number of fused-ring (bicyclic) bond motifs is 1. The van der Waals surface area contributed by atoms with Gasteiger partial charge in [-0.15, -0.1) is 5.10 Å². The quantitative estimate of drug-likeness (QED) is 0.731. The molecule has 1 aliphatic heterocycles. The van der Waals surface area contributed by atoms with Crippen molar-refractivity contribution in [2.45, 2.75) is 33.7 Å². The first-order chi connectivity index (χ1) is 12.0. The van der Waals surface area contributed by atoms with E-state index in [1.165, 1.54) is 11.1 Å². The van der Waals surface area contributed by atoms with Gasteiger partial charge in [-0.1, -0.05) is 28.5 Å². The molecule has 0 aliphatic carbocycles. The van der Waals surface area contributed by atoms with Crippen LogP contribution in [0.1, 0.15) is 42.1 Å². The zero-order valence-corrected chi connectivity index (χ0v) is 15.0. The second-order valence-corrected chi connectivity index (χ2v) is 6.91. The molecule has 0 saturated carbocycles. The topological polar surface area (TPSA) is 55.4 Å². The Labute approximate surface area is 147 Å². The van der Waals surface area contributed by atoms with Crippen molar-refractivity contribution in [3.63, 3.8) is 0 Å². The van der Waals surface area contributed by atoms with E-state index in [2.05, 4.69) is 79.4 Å². The Morgan fingerprint density at radius 3 is 2.44 bits per heavy atom. The number of nitrogens with zero attached hydrogens (tertiary/aromatic N) is 5. The predicted molar refractivity (Wildman–Crippen MR) is 102 cm³/mol. The molecular weight excluding hydrogens is 310 g/mol. The van der Waals surface area contributed by atoms with Crippen LogP contribution >= 0.6 is 0 Å². The van der Waals surface area contributed by atoms with E-state index in [0.29, 0.717) is 12.6 Å². The summed E-state index contributed by atoms with van der Waals surface area (Å²) >= 11 is 0. The summed E-state index contributed by atoms with van der Waals surface area (Å²) in [6.45, 7) is 9.01. The molecule has 2 heterocycles. The summed E-state index contributed by atoms with van der Waals surface area (Å²) in [6.07, 6.45) is 0. The van der Waals surface area contributed by atoms with Crippen LogP contribution in [-0.4, -0.2) is 33.1 Å². The molecule has 126 valence electrons. The van der Waals surface area contributed by atoms with Gasteiger partial charge >= 0.3 is 0 Å². The lowest BCUT2D eigenvalue weighted by molar-refractivity contribution is 0.530. The van der Waals surface area contributed by atoms with Gasteiger partial charge in [-0.05, 0) is 52.0 Å². The van der Waals surface area contributed by atoms with Crippen molar-refractivity contribution in [1.29, 1.82) is 0 Å². The molecule has 0 atom stereocenters. The van der Waals surface area contributed by atoms with Crippen LogP contribution in [0.4, 0.5) is 0 Å². The van der Waals surface area contributed by atoms with Crippen molar-refractivity contribution >= 4 is 22.6 Å². The van der Waals surface area contributed by atoms with E-state index in [9.17, 15) is 0 Å². The summed E-state index contributed by atoms with van der Waals surface area (Å²) in [5.41, 5.74) is 7.53. The summed E-state index contributed by atoms with van der Waals surface area (Å²) in [6, 6.07) is 12.9. The van der Waals surface area contributed by atoms with Gasteiger partial charge in [-0.2, -0.15) is 0 Å². The summed E-state index contributed by atoms with van der Waals surface area (Å²) < 4.78 is 1.94. The van der Waals surface area contributed by atoms with Gasteiger partial charge in [0.05, 0.1) is 17.8 Å². The fraction of sp³-hybridized carbons (Fsp3) is 0.300. The van der Waals surface area contributed by atoms with Crippen LogP contribution in [0.15, 0.2) is 46.4 Å². The van der Waals surface area contributed by atoms with Gasteiger partial charge in [0.2, 0.25) is 0 Å². The van der Waals surface area contributed by atoms with E-state index >= 15 is 0 Å². The molecule has 0 fully saturated rings. The molecule has 4 rings (SSSR count). The number of hydrogen-bond acceptors (Lipinski definition) is 4. The molecule has 0 spiro atoms. The first kappa shape index (κ1) is 15.7. The maximum atomic E-state index is 4.77. The standard InChI is InChI=1S/C20H21N5/c1-12(2)25-19-6-5-15(10-17(19)23-24-25)18-11-21-20(22-18)16-8-13(3)7-14(4)9-16/h5-10,12H,11H2,1-4H3. The Morgan fingerprint density at radius 1 is 0.960 bits per heavy atom. The largest absolute Gasteiger partial charge is 0.260 e. The van der Waals surface area contributed by atoms with E-state index in [1.54, 1.807) is 0 Å². The molecule has 0 N–H and O–H groups in total. The lowest BCUT2D eigenvalue weighted by atomic mass is 10.1. The number of amidine groups is 1. The van der Waals surface area contributed by atoms with Gasteiger partial charge in [-0.3, -0.25) is 4.99 Å². The molecule has 25 heavy (non-hydrogen) atoms. The van der Waals surface area contributed by atoms with Crippen LogP contribution < -0.4 is 0 Å². The van der Waals surface area contributed by atoms with Gasteiger partial charge in [0.15, 0.2) is 5.84 Å². The van der Waals surface area contributed by atoms with Crippen molar-refractivity contribution in [2.24, 2.45) is 9.98 Å². The molecule has 0 unspecified atom stereocenters. The highest BCUT2D eigenvalue weighted by molar-refractivity contribution is 6.17. The second kappa shape index (κ2) is 5.92. The Kier molecular flexibility index (Phi) is 3.71. The first-order valence-electron chi connectivity index (χ1n) is 8.57. The van der Waals surface area contributed by atoms with Gasteiger partial charge in [0.25, 0.3) is 0 Å². The summed E-state index contributed by atoms with van der Waals surface area (Å²) in [7, 11) is 0. The van der Waals surface area contributed by atoms with E-state index in [0.717, 1.165) is 33.7 Å². The van der Waals surface area contributed by atoms with Crippen molar-refractivity contribution in [1.82, 2.24) is 15.0 Å². The van der Waals surface area contributed by atoms with Crippen LogP contribution in [0.25, 0.3) is 11.0 Å². The molecular formula is C20H21N5. The Morgan fingerprint density at radius 2 is 1.72 bits per heavy atom. The SMILES string of the molecule is Cc1cc(C)cc(C2=NCC(c3ccc4c(c3)nnn4C(C)C)=N2)c1. The zero-order valence-electron chi connectivity index (χ0n) is 15.0. The van der Waals surface area contributed by atoms with Crippen LogP contribution in [0.5, 0.6) is 0 Å². The summed E-state index contributed by atoms with van der Waals surface area (Å²) in [5.74, 6) is 0.813. The lowest BCUT2D eigenvalue weighted by Crippen LogP contribution is -2.04. The third-order valence-electron chi connectivity index (χ3n) is 4.39. The third kappa shape index (κ3) is 2.86. The smallest absolute Gasteiger partial charge is 0.155 e. The highest BCUT2D eigenvalue weighted by atomic mass is 15.4. The number of hydrogen-bond donors (Lipinski definition) is 0. The van der Waals surface area contributed by atoms with E-state index in [1.807, 2.05) is 4.68 Å². The van der Waals surface area contributed by atoms with Crippen molar-refractivity contribution in [3.05, 3.63) is 58.7 Å². The zero-order chi connectivity index (χ0) is 17.6. The normalized spacial score (nSPS) is 14.3. The minimum Gasteiger partial charge on any atom is -0.260 e. The van der Waals surface area contributed by atoms with E-state index < -0.39 is 0 Å². The van der Waals surface area contributed by atoms with Crippen LogP contribution in [0.3, 0.4) is 0 Å². The maximum Gasteiger partial charge on any atom is 0.155 e. The molecule has 1 aliphatic rings. The second-order valence-electron chi connectivity index (χ2n) is 6.91. The van der Waals surface area contributed by atoms with Gasteiger partial charge in [-0.25, -0.2) is 9.67 Å². The van der Waals surface area contributed by atoms with Crippen molar-refractivity contribution < 1.29 is 0 Å². The number of aryl methyl sites for hydroxylation is 2. The van der Waals surface area contributed by atoms with Crippen molar-refractivity contribution in [2.75, 3.05) is 6.54 Å². The summed E-state index contributed by atoms with van der Waals surface area (Å²) in [5, 5.41) is 8.54. The molecule has 0 amide bonds. The fourth-order valence-electron chi connectivity index (χ4n) is 3.27. The fourth-order valence-corrected chi connectivity index (χ4v) is 3.27. The molecule has 3 aromatic rings. The number of aromatic nitrogens is 3.